The summed E-state index contributed by atoms with van der Waals surface area (Å²) in [6.45, 7) is 4.63. The van der Waals surface area contributed by atoms with Gasteiger partial charge in [-0.25, -0.2) is 0 Å². The number of benzene rings is 3. The molecule has 2 aliphatic heterocycles. The Morgan fingerprint density at radius 1 is 1.05 bits per heavy atom. The average molecular weight is 511 g/mol. The first-order valence-corrected chi connectivity index (χ1v) is 13.3. The molecule has 3 N–H and O–H groups in total. The summed E-state index contributed by atoms with van der Waals surface area (Å²) in [4.78, 5) is 28.5. The van der Waals surface area contributed by atoms with E-state index in [1.165, 1.54) is 4.90 Å². The van der Waals surface area contributed by atoms with Gasteiger partial charge in [0, 0.05) is 23.1 Å². The van der Waals surface area contributed by atoms with Crippen LogP contribution in [0.3, 0.4) is 0 Å². The lowest BCUT2D eigenvalue weighted by molar-refractivity contribution is -0.132. The van der Waals surface area contributed by atoms with E-state index in [1.54, 1.807) is 6.07 Å². The molecule has 196 valence electrons. The van der Waals surface area contributed by atoms with Crippen molar-refractivity contribution in [3.63, 3.8) is 0 Å². The van der Waals surface area contributed by atoms with Crippen LogP contribution in [0.5, 0.6) is 5.75 Å². The molecule has 5 rings (SSSR count). The molecular formula is C31H34N4O3. The van der Waals surface area contributed by atoms with Crippen molar-refractivity contribution in [2.75, 3.05) is 6.61 Å². The van der Waals surface area contributed by atoms with Crippen LogP contribution in [0.1, 0.15) is 78.7 Å². The Hall–Kier alpha value is -4.13. The molecule has 1 saturated heterocycles. The van der Waals surface area contributed by atoms with Gasteiger partial charge in [-0.1, -0.05) is 74.5 Å². The minimum absolute atomic E-state index is 0.0903. The Morgan fingerprint density at radius 3 is 2.50 bits per heavy atom. The molecule has 2 heterocycles. The number of fused-ring (bicyclic) bond motifs is 1. The molecule has 3 aromatic carbocycles. The first-order chi connectivity index (χ1) is 18.4. The van der Waals surface area contributed by atoms with Crippen molar-refractivity contribution >= 4 is 17.8 Å². The molecule has 1 unspecified atom stereocenters. The minimum atomic E-state index is -0.535. The van der Waals surface area contributed by atoms with Gasteiger partial charge in [-0.3, -0.25) is 19.9 Å². The molecule has 0 aliphatic carbocycles. The molecule has 7 heteroatoms. The van der Waals surface area contributed by atoms with Crippen LogP contribution in [0.4, 0.5) is 0 Å². The first kappa shape index (κ1) is 25.5. The standard InChI is InChI=1S/C31H34N4O3/c1-3-31(4-2)20-27(36)35(30(32)34-31)28(21-11-6-5-7-12-21)22-13-10-14-23(19-22)29(37)33-25-17-18-38-26-16-9-8-15-24(25)26/h5-16,19,25,28H,3-4,17-18,20H2,1-2H3,(H2,32,34)(H,33,37)/t25-,28?/m1/s1. The minimum Gasteiger partial charge on any atom is -0.493 e. The molecule has 0 aromatic heterocycles. The topological polar surface area (TPSA) is 94.5 Å². The van der Waals surface area contributed by atoms with Crippen molar-refractivity contribution < 1.29 is 14.3 Å². The number of carbonyl (C=O) groups excluding carboxylic acids is 2. The SMILES string of the molecule is CCC1(CC)CC(=O)N(C(c2ccccc2)c2cccc(C(=O)N[C@@H]3CCOc4ccccc43)c2)C(=N)N1. The highest BCUT2D eigenvalue weighted by Crippen LogP contribution is 2.35. The quantitative estimate of drug-likeness (QED) is 0.400. The summed E-state index contributed by atoms with van der Waals surface area (Å²) in [6.07, 6.45) is 2.52. The zero-order chi connectivity index (χ0) is 26.7. The van der Waals surface area contributed by atoms with Gasteiger partial charge in [-0.05, 0) is 42.2 Å². The Kier molecular flexibility index (Phi) is 7.18. The van der Waals surface area contributed by atoms with Crippen LogP contribution >= 0.6 is 0 Å². The van der Waals surface area contributed by atoms with Crippen LogP contribution in [-0.2, 0) is 4.79 Å². The summed E-state index contributed by atoms with van der Waals surface area (Å²) in [5.74, 6) is 0.605. The van der Waals surface area contributed by atoms with E-state index >= 15 is 0 Å². The molecule has 0 spiro atoms. The molecule has 0 radical (unpaired) electrons. The number of nitrogens with one attached hydrogen (secondary N) is 3. The Balaban J connectivity index is 1.46. The summed E-state index contributed by atoms with van der Waals surface area (Å²) in [6, 6.07) is 24.2. The highest BCUT2D eigenvalue weighted by atomic mass is 16.5. The number of hydrogen-bond acceptors (Lipinski definition) is 4. The van der Waals surface area contributed by atoms with E-state index in [1.807, 2.05) is 86.6 Å². The summed E-state index contributed by atoms with van der Waals surface area (Å²) in [5, 5.41) is 15.3. The van der Waals surface area contributed by atoms with E-state index in [4.69, 9.17) is 10.1 Å². The van der Waals surface area contributed by atoms with Crippen molar-refractivity contribution in [1.82, 2.24) is 15.5 Å². The smallest absolute Gasteiger partial charge is 0.251 e. The van der Waals surface area contributed by atoms with E-state index < -0.39 is 11.6 Å². The second kappa shape index (κ2) is 10.7. The number of para-hydroxylation sites is 1. The van der Waals surface area contributed by atoms with Crippen LogP contribution in [0.2, 0.25) is 0 Å². The highest BCUT2D eigenvalue weighted by Gasteiger charge is 2.42. The molecule has 0 saturated carbocycles. The summed E-state index contributed by atoms with van der Waals surface area (Å²) in [7, 11) is 0. The van der Waals surface area contributed by atoms with Crippen LogP contribution < -0.4 is 15.4 Å². The van der Waals surface area contributed by atoms with Crippen molar-refractivity contribution in [2.24, 2.45) is 0 Å². The molecule has 2 aliphatic rings. The monoisotopic (exact) mass is 510 g/mol. The number of guanidine groups is 1. The Labute approximate surface area is 223 Å². The van der Waals surface area contributed by atoms with E-state index in [9.17, 15) is 9.59 Å². The molecule has 7 nitrogen and oxygen atoms in total. The zero-order valence-corrected chi connectivity index (χ0v) is 21.9. The van der Waals surface area contributed by atoms with Gasteiger partial charge in [0.05, 0.1) is 25.1 Å². The van der Waals surface area contributed by atoms with Crippen molar-refractivity contribution in [2.45, 2.75) is 57.2 Å². The molecule has 2 amide bonds. The summed E-state index contributed by atoms with van der Waals surface area (Å²) >= 11 is 0. The Morgan fingerprint density at radius 2 is 1.76 bits per heavy atom. The number of carbonyl (C=O) groups is 2. The van der Waals surface area contributed by atoms with E-state index in [2.05, 4.69) is 10.6 Å². The zero-order valence-electron chi connectivity index (χ0n) is 21.9. The van der Waals surface area contributed by atoms with Gasteiger partial charge < -0.3 is 15.4 Å². The molecule has 38 heavy (non-hydrogen) atoms. The highest BCUT2D eigenvalue weighted by molar-refractivity contribution is 6.00. The fourth-order valence-electron chi connectivity index (χ4n) is 5.51. The molecule has 2 atom stereocenters. The van der Waals surface area contributed by atoms with Crippen LogP contribution in [0, 0.1) is 5.41 Å². The average Bonchev–Trinajstić information content (AvgIpc) is 2.95. The number of nitrogens with zero attached hydrogens (tertiary/aromatic N) is 1. The molecule has 1 fully saturated rings. The second-order valence-corrected chi connectivity index (χ2v) is 10.0. The predicted molar refractivity (Wildman–Crippen MR) is 147 cm³/mol. The lowest BCUT2D eigenvalue weighted by atomic mass is 9.85. The fraction of sp³-hybridized carbons (Fsp3) is 0.323. The van der Waals surface area contributed by atoms with Gasteiger partial charge in [-0.2, -0.15) is 0 Å². The number of amides is 2. The number of hydrogen-bond donors (Lipinski definition) is 3. The summed E-state index contributed by atoms with van der Waals surface area (Å²) in [5.41, 5.74) is 2.72. The van der Waals surface area contributed by atoms with Gasteiger partial charge >= 0.3 is 0 Å². The second-order valence-electron chi connectivity index (χ2n) is 10.0. The third-order valence-electron chi connectivity index (χ3n) is 7.84. The van der Waals surface area contributed by atoms with Crippen molar-refractivity contribution in [1.29, 1.82) is 5.41 Å². The van der Waals surface area contributed by atoms with E-state index in [0.29, 0.717) is 25.0 Å². The normalized spacial score (nSPS) is 19.1. The number of ether oxygens (including phenoxy) is 1. The van der Waals surface area contributed by atoms with E-state index in [-0.39, 0.29) is 23.8 Å². The fourth-order valence-corrected chi connectivity index (χ4v) is 5.51. The maximum Gasteiger partial charge on any atom is 0.251 e. The van der Waals surface area contributed by atoms with Gasteiger partial charge in [0.1, 0.15) is 5.75 Å². The summed E-state index contributed by atoms with van der Waals surface area (Å²) < 4.78 is 5.74. The van der Waals surface area contributed by atoms with Gasteiger partial charge in [0.2, 0.25) is 5.91 Å². The molecule has 3 aromatic rings. The largest absolute Gasteiger partial charge is 0.493 e. The van der Waals surface area contributed by atoms with Gasteiger partial charge in [-0.15, -0.1) is 0 Å². The van der Waals surface area contributed by atoms with Gasteiger partial charge in [0.15, 0.2) is 5.96 Å². The lowest BCUT2D eigenvalue weighted by Gasteiger charge is -2.45. The third-order valence-corrected chi connectivity index (χ3v) is 7.84. The third kappa shape index (κ3) is 4.88. The molecular weight excluding hydrogens is 476 g/mol. The lowest BCUT2D eigenvalue weighted by Crippen LogP contribution is -2.62. The Bertz CT molecular complexity index is 1320. The predicted octanol–water partition coefficient (Wildman–Crippen LogP) is 5.35. The van der Waals surface area contributed by atoms with Crippen molar-refractivity contribution in [3.05, 3.63) is 101 Å². The van der Waals surface area contributed by atoms with Gasteiger partial charge in [0.25, 0.3) is 5.91 Å². The van der Waals surface area contributed by atoms with Crippen LogP contribution in [-0.4, -0.2) is 34.8 Å². The number of rotatable bonds is 7. The molecule has 0 bridgehead atoms. The van der Waals surface area contributed by atoms with Crippen LogP contribution in [0.25, 0.3) is 0 Å². The van der Waals surface area contributed by atoms with Crippen LogP contribution in [0.15, 0.2) is 78.9 Å². The maximum absolute atomic E-state index is 13.6. The maximum atomic E-state index is 13.6. The van der Waals surface area contributed by atoms with E-state index in [0.717, 1.165) is 35.3 Å². The van der Waals surface area contributed by atoms with Crippen molar-refractivity contribution in [3.8, 4) is 5.75 Å². The first-order valence-electron chi connectivity index (χ1n) is 13.3.